The fourth-order valence-electron chi connectivity index (χ4n) is 1.25. The van der Waals surface area contributed by atoms with Crippen LogP contribution < -0.4 is 0 Å². The van der Waals surface area contributed by atoms with Crippen LogP contribution in [0.4, 0.5) is 0 Å². The third-order valence-corrected chi connectivity index (χ3v) is 2.99. The molecular weight excluding hydrogens is 220 g/mol. The lowest BCUT2D eigenvalue weighted by atomic mass is 10.2. The number of carbonyl (C=O) groups excluding carboxylic acids is 1. The number of phenolic OH excluding ortho intramolecular Hbond substituents is 1. The van der Waals surface area contributed by atoms with Gasteiger partial charge in [0.15, 0.2) is 0 Å². The van der Waals surface area contributed by atoms with Crippen LogP contribution in [0.2, 0.25) is 0 Å². The molecule has 3 heteroatoms. The van der Waals surface area contributed by atoms with E-state index in [0.29, 0.717) is 5.56 Å². The molecule has 0 bridgehead atoms. The molecule has 0 aromatic heterocycles. The summed E-state index contributed by atoms with van der Waals surface area (Å²) in [4.78, 5) is 12.6. The Hall–Kier alpha value is -1.74. The van der Waals surface area contributed by atoms with Crippen molar-refractivity contribution in [3.8, 4) is 5.75 Å². The van der Waals surface area contributed by atoms with Gasteiger partial charge >= 0.3 is 0 Å². The summed E-state index contributed by atoms with van der Waals surface area (Å²) in [6.45, 7) is 0. The molecule has 16 heavy (non-hydrogen) atoms. The molecule has 0 heterocycles. The van der Waals surface area contributed by atoms with Crippen molar-refractivity contribution in [3.63, 3.8) is 0 Å². The number of aromatic hydroxyl groups is 1. The van der Waals surface area contributed by atoms with Gasteiger partial charge in [0, 0.05) is 10.5 Å². The largest absolute Gasteiger partial charge is 0.508 e. The van der Waals surface area contributed by atoms with Crippen LogP contribution in [0.3, 0.4) is 0 Å². The summed E-state index contributed by atoms with van der Waals surface area (Å²) in [6, 6.07) is 15.7. The first-order valence-electron chi connectivity index (χ1n) is 4.82. The molecule has 0 unspecified atom stereocenters. The summed E-state index contributed by atoms with van der Waals surface area (Å²) in [7, 11) is 0. The van der Waals surface area contributed by atoms with Crippen LogP contribution in [0.25, 0.3) is 0 Å². The predicted octanol–water partition coefficient (Wildman–Crippen LogP) is 3.32. The number of thioether (sulfide) groups is 1. The third-order valence-electron chi connectivity index (χ3n) is 2.06. The van der Waals surface area contributed by atoms with E-state index in [-0.39, 0.29) is 10.9 Å². The second-order valence-corrected chi connectivity index (χ2v) is 4.30. The van der Waals surface area contributed by atoms with Gasteiger partial charge in [-0.05, 0) is 36.0 Å². The highest BCUT2D eigenvalue weighted by Crippen LogP contribution is 2.24. The molecule has 0 spiro atoms. The lowest BCUT2D eigenvalue weighted by molar-refractivity contribution is 0.108. The van der Waals surface area contributed by atoms with E-state index >= 15 is 0 Å². The van der Waals surface area contributed by atoms with Gasteiger partial charge in [-0.2, -0.15) is 0 Å². The van der Waals surface area contributed by atoms with E-state index in [9.17, 15) is 4.79 Å². The zero-order valence-electron chi connectivity index (χ0n) is 8.46. The quantitative estimate of drug-likeness (QED) is 0.804. The van der Waals surface area contributed by atoms with Gasteiger partial charge in [-0.3, -0.25) is 4.79 Å². The highest BCUT2D eigenvalue weighted by Gasteiger charge is 2.06. The maximum absolute atomic E-state index is 11.8. The van der Waals surface area contributed by atoms with Crippen molar-refractivity contribution in [2.75, 3.05) is 0 Å². The molecular formula is C13H10O2S. The molecule has 0 fully saturated rings. The molecule has 0 amide bonds. The Morgan fingerprint density at radius 1 is 0.938 bits per heavy atom. The first-order valence-corrected chi connectivity index (χ1v) is 5.63. The van der Waals surface area contributed by atoms with Gasteiger partial charge in [0.05, 0.1) is 0 Å². The van der Waals surface area contributed by atoms with Crippen LogP contribution >= 0.6 is 11.8 Å². The van der Waals surface area contributed by atoms with Crippen molar-refractivity contribution in [3.05, 3.63) is 60.2 Å². The van der Waals surface area contributed by atoms with Crippen molar-refractivity contribution in [1.82, 2.24) is 0 Å². The zero-order chi connectivity index (χ0) is 11.4. The minimum Gasteiger partial charge on any atom is -0.508 e. The van der Waals surface area contributed by atoms with Crippen LogP contribution in [0.1, 0.15) is 10.4 Å². The average Bonchev–Trinajstić information content (AvgIpc) is 2.33. The van der Waals surface area contributed by atoms with Crippen molar-refractivity contribution in [1.29, 1.82) is 0 Å². The Labute approximate surface area is 97.9 Å². The molecule has 0 aliphatic rings. The van der Waals surface area contributed by atoms with Gasteiger partial charge in [0.25, 0.3) is 0 Å². The zero-order valence-corrected chi connectivity index (χ0v) is 9.28. The molecule has 0 aliphatic heterocycles. The van der Waals surface area contributed by atoms with Gasteiger partial charge in [0.2, 0.25) is 5.12 Å². The Balaban J connectivity index is 2.11. The molecule has 80 valence electrons. The van der Waals surface area contributed by atoms with E-state index in [1.54, 1.807) is 36.4 Å². The average molecular weight is 230 g/mol. The molecule has 2 aromatic rings. The normalized spacial score (nSPS) is 10.0. The van der Waals surface area contributed by atoms with Crippen molar-refractivity contribution in [2.24, 2.45) is 0 Å². The summed E-state index contributed by atoms with van der Waals surface area (Å²) in [5.41, 5.74) is 0.681. The maximum Gasteiger partial charge on any atom is 0.224 e. The maximum atomic E-state index is 11.8. The van der Waals surface area contributed by atoms with Crippen molar-refractivity contribution < 1.29 is 9.90 Å². The molecule has 0 saturated heterocycles. The van der Waals surface area contributed by atoms with Crippen LogP contribution in [0, 0.1) is 0 Å². The molecule has 2 nitrogen and oxygen atoms in total. The highest BCUT2D eigenvalue weighted by molar-refractivity contribution is 8.14. The lowest BCUT2D eigenvalue weighted by Gasteiger charge is -2.00. The molecule has 2 rings (SSSR count). The summed E-state index contributed by atoms with van der Waals surface area (Å²) in [5.74, 6) is 0.205. The summed E-state index contributed by atoms with van der Waals surface area (Å²) in [5, 5.41) is 9.12. The molecule has 2 aromatic carbocycles. The fourth-order valence-corrected chi connectivity index (χ4v) is 1.99. The molecule has 0 atom stereocenters. The minimum atomic E-state index is 0.00582. The number of phenols is 1. The van der Waals surface area contributed by atoms with E-state index in [1.165, 1.54) is 0 Å². The first-order chi connectivity index (χ1) is 7.75. The van der Waals surface area contributed by atoms with Crippen molar-refractivity contribution in [2.45, 2.75) is 4.90 Å². The van der Waals surface area contributed by atoms with E-state index < -0.39 is 0 Å². The van der Waals surface area contributed by atoms with Gasteiger partial charge in [0.1, 0.15) is 5.75 Å². The van der Waals surface area contributed by atoms with Gasteiger partial charge in [-0.25, -0.2) is 0 Å². The standard InChI is InChI=1S/C13H10O2S/c14-11-6-8-12(9-7-11)16-13(15)10-4-2-1-3-5-10/h1-9,14H. The third kappa shape index (κ3) is 2.64. The summed E-state index contributed by atoms with van der Waals surface area (Å²) in [6.07, 6.45) is 0. The number of hydrogen-bond acceptors (Lipinski definition) is 3. The van der Waals surface area contributed by atoms with Crippen molar-refractivity contribution >= 4 is 16.9 Å². The Morgan fingerprint density at radius 3 is 2.19 bits per heavy atom. The highest BCUT2D eigenvalue weighted by atomic mass is 32.2. The Morgan fingerprint density at radius 2 is 1.56 bits per heavy atom. The number of benzene rings is 2. The molecule has 0 radical (unpaired) electrons. The number of carbonyl (C=O) groups is 1. The van der Waals surface area contributed by atoms with E-state index in [4.69, 9.17) is 5.11 Å². The minimum absolute atomic E-state index is 0.00582. The number of rotatable bonds is 2. The van der Waals surface area contributed by atoms with E-state index in [2.05, 4.69) is 0 Å². The predicted molar refractivity (Wildman–Crippen MR) is 64.7 cm³/mol. The first kappa shape index (κ1) is 10.8. The van der Waals surface area contributed by atoms with Crippen LogP contribution in [0.15, 0.2) is 59.5 Å². The van der Waals surface area contributed by atoms with Gasteiger partial charge in [-0.1, -0.05) is 30.3 Å². The van der Waals surface area contributed by atoms with Gasteiger partial charge < -0.3 is 5.11 Å². The molecule has 1 N–H and O–H groups in total. The van der Waals surface area contributed by atoms with Crippen LogP contribution in [-0.4, -0.2) is 10.2 Å². The Kier molecular flexibility index (Phi) is 3.27. The van der Waals surface area contributed by atoms with Crippen LogP contribution in [-0.2, 0) is 0 Å². The Bertz CT molecular complexity index is 477. The smallest absolute Gasteiger partial charge is 0.224 e. The topological polar surface area (TPSA) is 37.3 Å². The molecule has 0 saturated carbocycles. The fraction of sp³-hybridized carbons (Fsp3) is 0. The summed E-state index contributed by atoms with van der Waals surface area (Å²) >= 11 is 1.16. The SMILES string of the molecule is O=C(Sc1ccc(O)cc1)c1ccccc1. The molecule has 0 aliphatic carbocycles. The second kappa shape index (κ2) is 4.86. The van der Waals surface area contributed by atoms with E-state index in [0.717, 1.165) is 16.7 Å². The van der Waals surface area contributed by atoms with E-state index in [1.807, 2.05) is 18.2 Å². The number of hydrogen-bond donors (Lipinski definition) is 1. The van der Waals surface area contributed by atoms with Gasteiger partial charge in [-0.15, -0.1) is 0 Å². The lowest BCUT2D eigenvalue weighted by Crippen LogP contribution is -1.91. The summed E-state index contributed by atoms with van der Waals surface area (Å²) < 4.78 is 0. The second-order valence-electron chi connectivity index (χ2n) is 3.25. The van der Waals surface area contributed by atoms with Crippen LogP contribution in [0.5, 0.6) is 5.75 Å². The monoisotopic (exact) mass is 230 g/mol.